The molecule has 3 aromatic carbocycles. The number of nitrogens with zero attached hydrogens (tertiary/aromatic N) is 4. The lowest BCUT2D eigenvalue weighted by Crippen LogP contribution is -2.58. The van der Waals surface area contributed by atoms with Crippen molar-refractivity contribution in [2.45, 2.75) is 128 Å². The molecule has 0 aromatic heterocycles. The Labute approximate surface area is 492 Å². The SMILES string of the molecule is COCC[C@@H]1NC(=O)[C@H](COC(C)(C)C)N(C)C(=O)C(c2ccccc2)NC(=O)[C@H](C)N(C)C(=O)COc2cccc(c2)[C@@H](CCc2ccc(OC)c(OC)c2)OC(=O)[C@@H]2CCCCN2C(=O)C(=O)C(C)(C)COC(=O)/C=C\CCN(C)C1=O. The van der Waals surface area contributed by atoms with Gasteiger partial charge in [0.25, 0.3) is 11.8 Å². The third-order valence-electron chi connectivity index (χ3n) is 14.7. The number of cyclic esters (lactones) is 2. The van der Waals surface area contributed by atoms with Crippen molar-refractivity contribution in [2.75, 3.05) is 82.0 Å². The highest BCUT2D eigenvalue weighted by molar-refractivity contribution is 6.38. The van der Waals surface area contributed by atoms with Gasteiger partial charge >= 0.3 is 11.9 Å². The lowest BCUT2D eigenvalue weighted by Gasteiger charge is -2.36. The second-order valence-electron chi connectivity index (χ2n) is 22.6. The number of carbonyl (C=O) groups excluding carboxylic acids is 9. The molecule has 22 heteroatoms. The lowest BCUT2D eigenvalue weighted by atomic mass is 9.87. The van der Waals surface area contributed by atoms with Crippen LogP contribution in [-0.4, -0.2) is 185 Å². The van der Waals surface area contributed by atoms with Crippen molar-refractivity contribution in [1.29, 1.82) is 0 Å². The molecule has 5 rings (SSSR count). The van der Waals surface area contributed by atoms with Crippen LogP contribution in [0.3, 0.4) is 0 Å². The smallest absolute Gasteiger partial charge is 0.330 e. The minimum atomic E-state index is -1.51. The van der Waals surface area contributed by atoms with Crippen molar-refractivity contribution in [3.8, 4) is 17.2 Å². The Morgan fingerprint density at radius 2 is 1.44 bits per heavy atom. The van der Waals surface area contributed by atoms with Gasteiger partial charge in [0, 0.05) is 54.0 Å². The number of ketones is 1. The van der Waals surface area contributed by atoms with Crippen LogP contribution < -0.4 is 24.8 Å². The van der Waals surface area contributed by atoms with Crippen LogP contribution in [0.15, 0.2) is 84.9 Å². The number of piperidine rings is 1. The molecule has 2 aliphatic heterocycles. The van der Waals surface area contributed by atoms with E-state index in [1.165, 1.54) is 84.0 Å². The maximum atomic E-state index is 14.8. The minimum absolute atomic E-state index is 0.0466. The Kier molecular flexibility index (Phi) is 24.8. The fourth-order valence-electron chi connectivity index (χ4n) is 9.32. The first kappa shape index (κ1) is 66.9. The molecule has 2 aliphatic rings. The number of esters is 2. The molecule has 2 N–H and O–H groups in total. The van der Waals surface area contributed by atoms with Crippen LogP contribution in [0.1, 0.15) is 109 Å². The number of hydrogen-bond donors (Lipinski definition) is 2. The summed E-state index contributed by atoms with van der Waals surface area (Å²) in [5.41, 5.74) is -0.589. The Morgan fingerprint density at radius 1 is 0.738 bits per heavy atom. The number of ether oxygens (including phenoxy) is 7. The molecule has 0 spiro atoms. The first-order valence-electron chi connectivity index (χ1n) is 28.2. The number of fused-ring (bicyclic) bond motifs is 3. The number of likely N-dealkylation sites (N-methyl/N-ethyl adjacent to an activating group) is 3. The topological polar surface area (TPSA) is 255 Å². The largest absolute Gasteiger partial charge is 0.493 e. The average molecular weight is 1170 g/mol. The summed E-state index contributed by atoms with van der Waals surface area (Å²) in [6.07, 6.45) is 3.81. The Hall–Kier alpha value is -7.85. The van der Waals surface area contributed by atoms with Gasteiger partial charge in [-0.15, -0.1) is 0 Å². The summed E-state index contributed by atoms with van der Waals surface area (Å²) in [4.78, 5) is 132. The molecule has 1 unspecified atom stereocenters. The summed E-state index contributed by atoms with van der Waals surface area (Å²) in [6, 6.07) is 14.3. The van der Waals surface area contributed by atoms with Gasteiger partial charge in [-0.3, -0.25) is 33.6 Å². The number of rotatable bonds is 11. The van der Waals surface area contributed by atoms with Gasteiger partial charge in [-0.2, -0.15) is 0 Å². The van der Waals surface area contributed by atoms with E-state index < -0.39 is 114 Å². The molecule has 84 heavy (non-hydrogen) atoms. The molecule has 3 aromatic rings. The monoisotopic (exact) mass is 1170 g/mol. The highest BCUT2D eigenvalue weighted by atomic mass is 16.5. The summed E-state index contributed by atoms with van der Waals surface area (Å²) in [7, 11) is 8.82. The molecule has 6 amide bonds. The van der Waals surface area contributed by atoms with E-state index in [1.807, 2.05) is 12.1 Å². The molecular formula is C62H84N6O16. The molecule has 2 bridgehead atoms. The van der Waals surface area contributed by atoms with Crippen molar-refractivity contribution < 1.29 is 76.3 Å². The normalized spacial score (nSPS) is 23.3. The lowest BCUT2D eigenvalue weighted by molar-refractivity contribution is -0.165. The number of methoxy groups -OCH3 is 3. The van der Waals surface area contributed by atoms with Crippen LogP contribution in [0, 0.1) is 5.41 Å². The number of aryl methyl sites for hydroxylation is 1. The summed E-state index contributed by atoms with van der Waals surface area (Å²) >= 11 is 0. The van der Waals surface area contributed by atoms with Crippen LogP contribution in [0.25, 0.3) is 0 Å². The molecule has 1 saturated heterocycles. The Balaban J connectivity index is 1.51. The van der Waals surface area contributed by atoms with Crippen LogP contribution >= 0.6 is 0 Å². The van der Waals surface area contributed by atoms with Crippen molar-refractivity contribution in [2.24, 2.45) is 5.41 Å². The van der Waals surface area contributed by atoms with Crippen molar-refractivity contribution in [3.05, 3.63) is 102 Å². The standard InChI is InChI=1S/C62H84N6O16/c1-40-55(72)64-53(42-21-14-13-15-22-42)58(75)67(9)47(37-83-61(2,3)4)56(73)63-45(31-34-78-10)57(74)65(7)32-18-17-26-52(70)82-39-62(5,6)54(71)59(76)68-33-19-16-25-46(68)60(77)84-48(29-27-41-28-30-49(79-11)50(35-41)80-12)43-23-20-24-44(36-43)81-38-51(69)66(40)8/h13-15,17,20-24,26,28,30,35-36,40,45-48,53H,16,18-19,25,27,29,31-34,37-39H2,1-12H3,(H,63,73)(H,64,72)/b26-17-/t40-,45-,46-,47-,48+,53?/m0/s1. The zero-order chi connectivity index (χ0) is 61.9. The number of hydrogen-bond acceptors (Lipinski definition) is 16. The van der Waals surface area contributed by atoms with E-state index in [2.05, 4.69) is 10.6 Å². The molecule has 0 aliphatic carbocycles. The van der Waals surface area contributed by atoms with Crippen LogP contribution in [0.2, 0.25) is 0 Å². The molecule has 458 valence electrons. The summed E-state index contributed by atoms with van der Waals surface area (Å²) in [5.74, 6) is -5.37. The van der Waals surface area contributed by atoms with Gasteiger partial charge in [0.05, 0.1) is 31.8 Å². The number of amides is 6. The van der Waals surface area contributed by atoms with Gasteiger partial charge in [-0.1, -0.05) is 54.6 Å². The zero-order valence-electron chi connectivity index (χ0n) is 50.6. The first-order chi connectivity index (χ1) is 39.8. The van der Waals surface area contributed by atoms with Crippen molar-refractivity contribution in [1.82, 2.24) is 30.2 Å². The maximum absolute atomic E-state index is 14.8. The predicted molar refractivity (Wildman–Crippen MR) is 309 cm³/mol. The van der Waals surface area contributed by atoms with Gasteiger partial charge in [0.2, 0.25) is 29.4 Å². The second-order valence-corrected chi connectivity index (χ2v) is 22.6. The highest BCUT2D eigenvalue weighted by Crippen LogP contribution is 2.33. The van der Waals surface area contributed by atoms with Gasteiger partial charge in [-0.05, 0) is 127 Å². The third kappa shape index (κ3) is 18.8. The van der Waals surface area contributed by atoms with Gasteiger partial charge in [0.1, 0.15) is 48.7 Å². The minimum Gasteiger partial charge on any atom is -0.493 e. The first-order valence-corrected chi connectivity index (χ1v) is 28.2. The molecule has 0 radical (unpaired) electrons. The van der Waals surface area contributed by atoms with E-state index in [-0.39, 0.29) is 57.7 Å². The van der Waals surface area contributed by atoms with E-state index in [9.17, 15) is 43.2 Å². The van der Waals surface area contributed by atoms with E-state index in [1.54, 1.807) is 81.4 Å². The van der Waals surface area contributed by atoms with E-state index >= 15 is 0 Å². The Morgan fingerprint density at radius 3 is 2.12 bits per heavy atom. The highest BCUT2D eigenvalue weighted by Gasteiger charge is 2.43. The molecule has 22 nitrogen and oxygen atoms in total. The van der Waals surface area contributed by atoms with Crippen molar-refractivity contribution >= 4 is 53.2 Å². The van der Waals surface area contributed by atoms with Crippen LogP contribution in [-0.2, 0) is 68.5 Å². The van der Waals surface area contributed by atoms with Crippen LogP contribution in [0.4, 0.5) is 0 Å². The van der Waals surface area contributed by atoms with Crippen LogP contribution in [0.5, 0.6) is 17.2 Å². The van der Waals surface area contributed by atoms with Gasteiger partial charge in [-0.25, -0.2) is 9.59 Å². The predicted octanol–water partition coefficient (Wildman–Crippen LogP) is 5.11. The van der Waals surface area contributed by atoms with Crippen molar-refractivity contribution in [3.63, 3.8) is 0 Å². The average Bonchev–Trinajstić information content (AvgIpc) is 3.69. The molecule has 1 fully saturated rings. The summed E-state index contributed by atoms with van der Waals surface area (Å²) in [6.45, 7) is 8.70. The number of Topliss-reactive ketones (excluding diaryl/α,β-unsaturated/α-hetero) is 1. The van der Waals surface area contributed by atoms with Gasteiger partial charge < -0.3 is 63.4 Å². The quantitative estimate of drug-likeness (QED) is 0.187. The Bertz CT molecular complexity index is 2820. The summed E-state index contributed by atoms with van der Waals surface area (Å²) < 4.78 is 40.2. The maximum Gasteiger partial charge on any atom is 0.330 e. The second kappa shape index (κ2) is 31.2. The molecule has 6 atom stereocenters. The third-order valence-corrected chi connectivity index (χ3v) is 14.7. The number of carbonyl (C=O) groups is 9. The fourth-order valence-corrected chi connectivity index (χ4v) is 9.32. The summed E-state index contributed by atoms with van der Waals surface area (Å²) in [5, 5.41) is 5.60. The fraction of sp³-hybridized carbons (Fsp3) is 0.532. The zero-order valence-corrected chi connectivity index (χ0v) is 50.6. The molecule has 2 heterocycles. The molecule has 0 saturated carbocycles. The number of benzene rings is 3. The number of nitrogens with one attached hydrogen (secondary N) is 2. The van der Waals surface area contributed by atoms with E-state index in [4.69, 9.17) is 33.2 Å². The van der Waals surface area contributed by atoms with E-state index in [0.717, 1.165) is 16.5 Å². The van der Waals surface area contributed by atoms with E-state index in [0.29, 0.717) is 41.9 Å². The molecular weight excluding hydrogens is 1080 g/mol. The van der Waals surface area contributed by atoms with Gasteiger partial charge in [0.15, 0.2) is 18.1 Å².